The topological polar surface area (TPSA) is 32.3 Å². The molecule has 2 nitrogen and oxygen atoms in total. The van der Waals surface area contributed by atoms with Crippen molar-refractivity contribution in [3.05, 3.63) is 53.6 Å². The van der Waals surface area contributed by atoms with Crippen LogP contribution in [0.1, 0.15) is 11.1 Å². The highest BCUT2D eigenvalue weighted by atomic mass is 32.2. The Morgan fingerprint density at radius 1 is 1.14 bits per heavy atom. The number of phenolic OH excluding ortho intramolecular Hbond substituents is 1. The molecule has 0 atom stereocenters. The van der Waals surface area contributed by atoms with Crippen molar-refractivity contribution >= 4 is 17.4 Å². The fourth-order valence-electron chi connectivity index (χ4n) is 1.87. The molecule has 0 aliphatic carbocycles. The summed E-state index contributed by atoms with van der Waals surface area (Å²) in [5.74, 6) is 0.119. The summed E-state index contributed by atoms with van der Waals surface area (Å²) in [4.78, 5) is 0.108. The summed E-state index contributed by atoms with van der Waals surface area (Å²) in [5.41, 5.74) is -2.33. The average Bonchev–Trinajstić information content (AvgIpc) is 2.39. The number of halogens is 3. The number of aryl methyl sites for hydroxylation is 1. The first-order chi connectivity index (χ1) is 9.85. The molecule has 0 radical (unpaired) electrons. The number of nitrogens with one attached hydrogen (secondary N) is 1. The highest BCUT2D eigenvalue weighted by Crippen LogP contribution is 2.40. The summed E-state index contributed by atoms with van der Waals surface area (Å²) < 4.78 is 37.5. The number of alkyl halides is 3. The van der Waals surface area contributed by atoms with Gasteiger partial charge in [0, 0.05) is 22.7 Å². The van der Waals surface area contributed by atoms with Gasteiger partial charge in [-0.15, -0.1) is 0 Å². The first kappa shape index (κ1) is 15.6. The lowest BCUT2D eigenvalue weighted by molar-refractivity contribution is -0.0327. The standard InChI is InChI=1S/C15H14F3NOS/c1-10-6-7-13(20)11(8-10)9-19-12-4-2-3-5-14(12)21-15(16,17)18/h2-8,19-20H,9H2,1H3. The van der Waals surface area contributed by atoms with E-state index in [0.717, 1.165) is 5.56 Å². The molecule has 0 heterocycles. The van der Waals surface area contributed by atoms with Crippen molar-refractivity contribution < 1.29 is 18.3 Å². The molecule has 0 bridgehead atoms. The van der Waals surface area contributed by atoms with Crippen LogP contribution in [0.3, 0.4) is 0 Å². The normalized spacial score (nSPS) is 11.4. The molecule has 0 spiro atoms. The molecule has 0 aliphatic heterocycles. The first-order valence-electron chi connectivity index (χ1n) is 6.22. The van der Waals surface area contributed by atoms with E-state index in [1.807, 2.05) is 6.92 Å². The van der Waals surface area contributed by atoms with Gasteiger partial charge in [0.1, 0.15) is 5.75 Å². The number of hydrogen-bond acceptors (Lipinski definition) is 3. The second kappa shape index (κ2) is 6.30. The van der Waals surface area contributed by atoms with Crippen LogP contribution in [-0.4, -0.2) is 10.6 Å². The van der Waals surface area contributed by atoms with Crippen LogP contribution in [0.4, 0.5) is 18.9 Å². The Morgan fingerprint density at radius 3 is 2.57 bits per heavy atom. The zero-order valence-corrected chi connectivity index (χ0v) is 12.1. The minimum absolute atomic E-state index is 0.108. The molecule has 0 saturated heterocycles. The fraction of sp³-hybridized carbons (Fsp3) is 0.200. The van der Waals surface area contributed by atoms with Gasteiger partial charge in [0.25, 0.3) is 0 Å². The number of benzene rings is 2. The van der Waals surface area contributed by atoms with E-state index in [1.54, 1.807) is 36.4 Å². The molecular weight excluding hydrogens is 299 g/mol. The van der Waals surface area contributed by atoms with Crippen LogP contribution in [0, 0.1) is 6.92 Å². The lowest BCUT2D eigenvalue weighted by Crippen LogP contribution is -2.04. The van der Waals surface area contributed by atoms with Crippen LogP contribution in [0.15, 0.2) is 47.4 Å². The Bertz CT molecular complexity index is 629. The maximum atomic E-state index is 12.5. The average molecular weight is 313 g/mol. The van der Waals surface area contributed by atoms with Crippen LogP contribution >= 0.6 is 11.8 Å². The van der Waals surface area contributed by atoms with Gasteiger partial charge in [-0.3, -0.25) is 0 Å². The quantitative estimate of drug-likeness (QED) is 0.785. The summed E-state index contributed by atoms with van der Waals surface area (Å²) in [5, 5.41) is 12.7. The van der Waals surface area contributed by atoms with Crippen molar-refractivity contribution in [2.45, 2.75) is 23.9 Å². The predicted molar refractivity (Wildman–Crippen MR) is 78.5 cm³/mol. The fourth-order valence-corrected chi connectivity index (χ4v) is 2.52. The van der Waals surface area contributed by atoms with E-state index in [2.05, 4.69) is 5.32 Å². The van der Waals surface area contributed by atoms with Gasteiger partial charge in [0.2, 0.25) is 0 Å². The van der Waals surface area contributed by atoms with Crippen molar-refractivity contribution in [1.29, 1.82) is 0 Å². The number of rotatable bonds is 4. The minimum Gasteiger partial charge on any atom is -0.508 e. The van der Waals surface area contributed by atoms with Crippen LogP contribution in [0.2, 0.25) is 0 Å². The molecule has 2 aromatic carbocycles. The zero-order valence-electron chi connectivity index (χ0n) is 11.2. The second-order valence-corrected chi connectivity index (χ2v) is 5.64. The Kier molecular flexibility index (Phi) is 4.67. The number of aromatic hydroxyl groups is 1. The summed E-state index contributed by atoms with van der Waals surface area (Å²) in [6.45, 7) is 2.14. The van der Waals surface area contributed by atoms with Crippen molar-refractivity contribution in [1.82, 2.24) is 0 Å². The Morgan fingerprint density at radius 2 is 1.86 bits per heavy atom. The summed E-state index contributed by atoms with van der Waals surface area (Å²) in [6.07, 6.45) is 0. The van der Waals surface area contributed by atoms with E-state index < -0.39 is 5.51 Å². The maximum absolute atomic E-state index is 12.5. The Balaban J connectivity index is 2.15. The number of thioether (sulfide) groups is 1. The molecule has 0 fully saturated rings. The Hall–Kier alpha value is -1.82. The van der Waals surface area contributed by atoms with E-state index in [9.17, 15) is 18.3 Å². The SMILES string of the molecule is Cc1ccc(O)c(CNc2ccccc2SC(F)(F)F)c1. The Labute approximate surface area is 125 Å². The zero-order chi connectivity index (χ0) is 15.5. The van der Waals surface area contributed by atoms with E-state index in [1.165, 1.54) is 6.07 Å². The van der Waals surface area contributed by atoms with Gasteiger partial charge in [-0.2, -0.15) is 13.2 Å². The highest BCUT2D eigenvalue weighted by Gasteiger charge is 2.30. The molecule has 112 valence electrons. The van der Waals surface area contributed by atoms with Gasteiger partial charge >= 0.3 is 5.51 Å². The van der Waals surface area contributed by atoms with Gasteiger partial charge in [-0.05, 0) is 36.9 Å². The van der Waals surface area contributed by atoms with Crippen molar-refractivity contribution in [2.24, 2.45) is 0 Å². The van der Waals surface area contributed by atoms with E-state index >= 15 is 0 Å². The molecule has 2 aromatic rings. The van der Waals surface area contributed by atoms with E-state index in [-0.39, 0.29) is 29.0 Å². The third kappa shape index (κ3) is 4.60. The van der Waals surface area contributed by atoms with Gasteiger partial charge in [0.15, 0.2) is 0 Å². The third-order valence-corrected chi connectivity index (χ3v) is 3.62. The largest absolute Gasteiger partial charge is 0.508 e. The van der Waals surface area contributed by atoms with Crippen LogP contribution in [0.25, 0.3) is 0 Å². The molecule has 0 amide bonds. The summed E-state index contributed by atoms with van der Waals surface area (Å²) in [7, 11) is 0. The molecule has 21 heavy (non-hydrogen) atoms. The smallest absolute Gasteiger partial charge is 0.446 e. The van der Waals surface area contributed by atoms with Gasteiger partial charge < -0.3 is 10.4 Å². The van der Waals surface area contributed by atoms with E-state index in [0.29, 0.717) is 11.3 Å². The van der Waals surface area contributed by atoms with Crippen LogP contribution in [-0.2, 0) is 6.54 Å². The second-order valence-electron chi connectivity index (χ2n) is 4.53. The number of anilines is 1. The first-order valence-corrected chi connectivity index (χ1v) is 7.04. The number of phenols is 1. The van der Waals surface area contributed by atoms with Crippen LogP contribution in [0.5, 0.6) is 5.75 Å². The van der Waals surface area contributed by atoms with Gasteiger partial charge in [-0.25, -0.2) is 0 Å². The van der Waals surface area contributed by atoms with Crippen LogP contribution < -0.4 is 5.32 Å². The van der Waals surface area contributed by atoms with Crippen molar-refractivity contribution in [3.8, 4) is 5.75 Å². The molecular formula is C15H14F3NOS. The lowest BCUT2D eigenvalue weighted by atomic mass is 10.1. The molecule has 2 rings (SSSR count). The molecule has 0 unspecified atom stereocenters. The number of hydrogen-bond donors (Lipinski definition) is 2. The summed E-state index contributed by atoms with van der Waals surface area (Å²) >= 11 is -0.155. The molecule has 6 heteroatoms. The predicted octanol–water partition coefficient (Wildman–Crippen LogP) is 4.92. The van der Waals surface area contributed by atoms with Crippen molar-refractivity contribution in [3.63, 3.8) is 0 Å². The summed E-state index contributed by atoms with van der Waals surface area (Å²) in [6, 6.07) is 11.4. The van der Waals surface area contributed by atoms with E-state index in [4.69, 9.17) is 0 Å². The molecule has 0 aliphatic rings. The lowest BCUT2D eigenvalue weighted by Gasteiger charge is -2.14. The monoisotopic (exact) mass is 313 g/mol. The van der Waals surface area contributed by atoms with Gasteiger partial charge in [-0.1, -0.05) is 29.8 Å². The molecule has 2 N–H and O–H groups in total. The van der Waals surface area contributed by atoms with Crippen molar-refractivity contribution in [2.75, 3.05) is 5.32 Å². The molecule has 0 saturated carbocycles. The van der Waals surface area contributed by atoms with Gasteiger partial charge in [0.05, 0.1) is 0 Å². The highest BCUT2D eigenvalue weighted by molar-refractivity contribution is 8.00. The maximum Gasteiger partial charge on any atom is 0.446 e. The minimum atomic E-state index is -4.33. The molecule has 0 aromatic heterocycles. The number of para-hydroxylation sites is 1. The third-order valence-electron chi connectivity index (χ3n) is 2.82.